The molecule has 0 bridgehead atoms. The summed E-state index contributed by atoms with van der Waals surface area (Å²) < 4.78 is 0. The molecule has 0 radical (unpaired) electrons. The Morgan fingerprint density at radius 2 is 1.48 bits per heavy atom. The molecule has 0 rings (SSSR count). The van der Waals surface area contributed by atoms with Gasteiger partial charge in [-0.3, -0.25) is 14.4 Å². The van der Waals surface area contributed by atoms with Crippen LogP contribution in [0.5, 0.6) is 0 Å². The van der Waals surface area contributed by atoms with E-state index in [1.54, 1.807) is 6.92 Å². The topological polar surface area (TPSA) is 203 Å². The molecule has 11 nitrogen and oxygen atoms in total. The highest BCUT2D eigenvalue weighted by molar-refractivity contribution is 5.92. The minimum absolute atomic E-state index is 0.263. The molecule has 4 unspecified atom stereocenters. The number of nitrogens with two attached hydrogens (primary N) is 3. The van der Waals surface area contributed by atoms with Gasteiger partial charge in [0.1, 0.15) is 12.1 Å². The molecule has 10 N–H and O–H groups in total. The lowest BCUT2D eigenvalue weighted by atomic mass is 9.99. The summed E-state index contributed by atoms with van der Waals surface area (Å²) in [4.78, 5) is 48.3. The fraction of sp³-hybridized carbons (Fsp3) is 0.800. The van der Waals surface area contributed by atoms with E-state index in [4.69, 9.17) is 17.2 Å². The maximum absolute atomic E-state index is 12.6. The van der Waals surface area contributed by atoms with Gasteiger partial charge in [-0.15, -0.1) is 0 Å². The Morgan fingerprint density at radius 3 is 2.00 bits per heavy atom. The molecule has 0 aliphatic rings. The van der Waals surface area contributed by atoms with Gasteiger partial charge in [0.2, 0.25) is 17.7 Å². The minimum atomic E-state index is -1.13. The molecule has 0 fully saturated rings. The molecule has 180 valence electrons. The zero-order valence-corrected chi connectivity index (χ0v) is 18.7. The van der Waals surface area contributed by atoms with Crippen LogP contribution in [0.25, 0.3) is 0 Å². The lowest BCUT2D eigenvalue weighted by Gasteiger charge is -2.22. The van der Waals surface area contributed by atoms with Crippen molar-refractivity contribution in [3.05, 3.63) is 0 Å². The number of hydrogen-bond acceptors (Lipinski definition) is 7. The number of rotatable bonds is 17. The van der Waals surface area contributed by atoms with Crippen LogP contribution in [-0.2, 0) is 19.2 Å². The summed E-state index contributed by atoms with van der Waals surface area (Å²) in [6, 6.07) is -2.66. The van der Waals surface area contributed by atoms with Gasteiger partial charge in [-0.1, -0.05) is 26.7 Å². The number of nitrogens with one attached hydrogen (secondary N) is 3. The van der Waals surface area contributed by atoms with Gasteiger partial charge in [0, 0.05) is 0 Å². The lowest BCUT2D eigenvalue weighted by Crippen LogP contribution is -2.54. The van der Waals surface area contributed by atoms with Crippen molar-refractivity contribution in [1.29, 1.82) is 0 Å². The van der Waals surface area contributed by atoms with Crippen molar-refractivity contribution in [3.63, 3.8) is 0 Å². The molecule has 0 aromatic heterocycles. The third-order valence-corrected chi connectivity index (χ3v) is 5.10. The molecule has 11 heteroatoms. The first kappa shape index (κ1) is 28.8. The standard InChI is InChI=1S/C20H40N6O5/c1-3-13(2)17(20(30)31)26-16(27)12-24-19(29)15(9-5-7-11-22)25-18(28)14(23)8-4-6-10-21/h13-15,17H,3-12,21-23H2,1-2H3,(H,24,29)(H,25,28)(H,26,27)(H,30,31). The molecule has 0 heterocycles. The Morgan fingerprint density at radius 1 is 0.903 bits per heavy atom. The average Bonchev–Trinajstić information content (AvgIpc) is 2.74. The van der Waals surface area contributed by atoms with E-state index in [9.17, 15) is 24.3 Å². The summed E-state index contributed by atoms with van der Waals surface area (Å²) in [5.74, 6) is -3.00. The fourth-order valence-electron chi connectivity index (χ4n) is 2.88. The Kier molecular flexibility index (Phi) is 15.3. The van der Waals surface area contributed by atoms with Crippen molar-refractivity contribution in [2.24, 2.45) is 23.1 Å². The van der Waals surface area contributed by atoms with Crippen molar-refractivity contribution in [2.75, 3.05) is 19.6 Å². The molecule has 3 amide bonds. The number of hydrogen-bond donors (Lipinski definition) is 7. The Bertz CT molecular complexity index is 574. The highest BCUT2D eigenvalue weighted by Gasteiger charge is 2.27. The van der Waals surface area contributed by atoms with Crippen LogP contribution in [0.3, 0.4) is 0 Å². The van der Waals surface area contributed by atoms with Crippen LogP contribution in [0.1, 0.15) is 58.8 Å². The second-order valence-corrected chi connectivity index (χ2v) is 7.72. The van der Waals surface area contributed by atoms with Gasteiger partial charge in [0.15, 0.2) is 0 Å². The Hall–Kier alpha value is -2.24. The van der Waals surface area contributed by atoms with Gasteiger partial charge in [-0.2, -0.15) is 0 Å². The number of aliphatic carboxylic acids is 1. The molecule has 31 heavy (non-hydrogen) atoms. The number of carbonyl (C=O) groups excluding carboxylic acids is 3. The van der Waals surface area contributed by atoms with Crippen LogP contribution in [0.4, 0.5) is 0 Å². The van der Waals surface area contributed by atoms with Crippen molar-refractivity contribution < 1.29 is 24.3 Å². The van der Waals surface area contributed by atoms with Gasteiger partial charge in [-0.05, 0) is 51.1 Å². The molecular weight excluding hydrogens is 404 g/mol. The van der Waals surface area contributed by atoms with E-state index in [2.05, 4.69) is 16.0 Å². The third kappa shape index (κ3) is 12.3. The third-order valence-electron chi connectivity index (χ3n) is 5.10. The normalized spacial score (nSPS) is 14.7. The number of carbonyl (C=O) groups is 4. The fourth-order valence-corrected chi connectivity index (χ4v) is 2.88. The van der Waals surface area contributed by atoms with Crippen LogP contribution < -0.4 is 33.2 Å². The average molecular weight is 445 g/mol. The maximum Gasteiger partial charge on any atom is 0.326 e. The monoisotopic (exact) mass is 444 g/mol. The first-order valence-corrected chi connectivity index (χ1v) is 10.9. The summed E-state index contributed by atoms with van der Waals surface area (Å²) in [5.41, 5.74) is 16.8. The van der Waals surface area contributed by atoms with E-state index < -0.39 is 48.4 Å². The minimum Gasteiger partial charge on any atom is -0.480 e. The summed E-state index contributed by atoms with van der Waals surface area (Å²) in [6.07, 6.45) is 4.12. The smallest absolute Gasteiger partial charge is 0.326 e. The van der Waals surface area contributed by atoms with Crippen molar-refractivity contribution in [3.8, 4) is 0 Å². The van der Waals surface area contributed by atoms with Gasteiger partial charge in [-0.25, -0.2) is 4.79 Å². The van der Waals surface area contributed by atoms with E-state index in [-0.39, 0.29) is 5.92 Å². The molecule has 0 aliphatic carbocycles. The van der Waals surface area contributed by atoms with E-state index in [1.807, 2.05) is 6.92 Å². The highest BCUT2D eigenvalue weighted by Crippen LogP contribution is 2.08. The molecule has 0 saturated heterocycles. The first-order chi connectivity index (χ1) is 14.7. The van der Waals surface area contributed by atoms with Crippen LogP contribution >= 0.6 is 0 Å². The van der Waals surface area contributed by atoms with E-state index >= 15 is 0 Å². The van der Waals surface area contributed by atoms with Crippen molar-refractivity contribution >= 4 is 23.7 Å². The van der Waals surface area contributed by atoms with Crippen LogP contribution in [-0.4, -0.2) is 66.6 Å². The van der Waals surface area contributed by atoms with Crippen LogP contribution in [0.2, 0.25) is 0 Å². The lowest BCUT2D eigenvalue weighted by molar-refractivity contribution is -0.143. The summed E-state index contributed by atoms with van der Waals surface area (Å²) in [7, 11) is 0. The molecule has 0 aliphatic heterocycles. The maximum atomic E-state index is 12.6. The van der Waals surface area contributed by atoms with Crippen molar-refractivity contribution in [1.82, 2.24) is 16.0 Å². The number of carboxylic acids is 1. The van der Waals surface area contributed by atoms with E-state index in [0.29, 0.717) is 51.6 Å². The van der Waals surface area contributed by atoms with Crippen molar-refractivity contribution in [2.45, 2.75) is 76.9 Å². The first-order valence-electron chi connectivity index (χ1n) is 10.9. The molecule has 4 atom stereocenters. The molecule has 0 spiro atoms. The second-order valence-electron chi connectivity index (χ2n) is 7.72. The molecule has 0 saturated carbocycles. The van der Waals surface area contributed by atoms with Gasteiger partial charge < -0.3 is 38.3 Å². The largest absolute Gasteiger partial charge is 0.480 e. The second kappa shape index (κ2) is 16.5. The highest BCUT2D eigenvalue weighted by atomic mass is 16.4. The van der Waals surface area contributed by atoms with Gasteiger partial charge in [0.25, 0.3) is 0 Å². The Labute approximate surface area is 184 Å². The van der Waals surface area contributed by atoms with Gasteiger partial charge >= 0.3 is 5.97 Å². The predicted molar refractivity (Wildman–Crippen MR) is 118 cm³/mol. The Balaban J connectivity index is 4.83. The van der Waals surface area contributed by atoms with Gasteiger partial charge in [0.05, 0.1) is 12.6 Å². The molecule has 0 aromatic rings. The number of unbranched alkanes of at least 4 members (excludes halogenated alkanes) is 2. The van der Waals surface area contributed by atoms with Crippen LogP contribution in [0, 0.1) is 5.92 Å². The van der Waals surface area contributed by atoms with E-state index in [0.717, 1.165) is 6.42 Å². The molecule has 0 aromatic carbocycles. The number of amides is 3. The quantitative estimate of drug-likeness (QED) is 0.135. The molecular formula is C20H40N6O5. The summed E-state index contributed by atoms with van der Waals surface area (Å²) in [6.45, 7) is 4.11. The zero-order chi connectivity index (χ0) is 23.8. The number of carboxylic acid groups (broad SMARTS) is 1. The SMILES string of the molecule is CCC(C)C(NC(=O)CNC(=O)C(CCCCN)NC(=O)C(N)CCCCN)C(=O)O. The summed E-state index contributed by atoms with van der Waals surface area (Å²) in [5, 5.41) is 16.8. The zero-order valence-electron chi connectivity index (χ0n) is 18.7. The van der Waals surface area contributed by atoms with E-state index in [1.165, 1.54) is 0 Å². The summed E-state index contributed by atoms with van der Waals surface area (Å²) >= 11 is 0. The predicted octanol–water partition coefficient (Wildman–Crippen LogP) is -1.21. The van der Waals surface area contributed by atoms with Crippen LogP contribution in [0.15, 0.2) is 0 Å².